The van der Waals surface area contributed by atoms with Gasteiger partial charge in [-0.2, -0.15) is 0 Å². The average molecular weight is 345 g/mol. The SMILES string of the molecule is O=Cc1cc(Cl)cc(Cl)c1Sc1ccc(F)cc1C(=O)O. The zero-order valence-electron chi connectivity index (χ0n) is 10.3. The number of aldehydes is 1. The molecular formula is C14H7Cl2FO3S. The summed E-state index contributed by atoms with van der Waals surface area (Å²) >= 11 is 12.8. The predicted molar refractivity (Wildman–Crippen MR) is 79.3 cm³/mol. The fourth-order valence-electron chi connectivity index (χ4n) is 1.64. The van der Waals surface area contributed by atoms with Crippen molar-refractivity contribution in [3.63, 3.8) is 0 Å². The molecule has 2 aromatic carbocycles. The molecule has 0 atom stereocenters. The van der Waals surface area contributed by atoms with Crippen LogP contribution in [0.1, 0.15) is 20.7 Å². The third-order valence-corrected chi connectivity index (χ3v) is 4.41. The maximum absolute atomic E-state index is 13.2. The summed E-state index contributed by atoms with van der Waals surface area (Å²) in [4.78, 5) is 22.9. The summed E-state index contributed by atoms with van der Waals surface area (Å²) in [6.07, 6.45) is 0.573. The number of carbonyl (C=O) groups is 2. The van der Waals surface area contributed by atoms with Gasteiger partial charge in [0.1, 0.15) is 5.82 Å². The normalized spacial score (nSPS) is 10.4. The lowest BCUT2D eigenvalue weighted by molar-refractivity contribution is 0.0692. The summed E-state index contributed by atoms with van der Waals surface area (Å²) in [5, 5.41) is 9.62. The van der Waals surface area contributed by atoms with Crippen LogP contribution in [0.2, 0.25) is 10.0 Å². The number of benzene rings is 2. The first-order chi connectivity index (χ1) is 9.92. The monoisotopic (exact) mass is 344 g/mol. The summed E-state index contributed by atoms with van der Waals surface area (Å²) in [5.41, 5.74) is 0.0287. The minimum absolute atomic E-state index is 0.206. The molecule has 3 nitrogen and oxygen atoms in total. The summed E-state index contributed by atoms with van der Waals surface area (Å²) in [7, 11) is 0. The molecule has 0 unspecified atom stereocenters. The highest BCUT2D eigenvalue weighted by Gasteiger charge is 2.16. The minimum atomic E-state index is -1.27. The first-order valence-corrected chi connectivity index (χ1v) is 7.14. The quantitative estimate of drug-likeness (QED) is 0.809. The van der Waals surface area contributed by atoms with E-state index in [1.807, 2.05) is 0 Å². The number of carboxylic acids is 1. The third kappa shape index (κ3) is 3.56. The van der Waals surface area contributed by atoms with Gasteiger partial charge in [-0.3, -0.25) is 4.79 Å². The largest absolute Gasteiger partial charge is 0.478 e. The molecule has 0 aliphatic rings. The number of carboxylic acid groups (broad SMARTS) is 1. The Morgan fingerprint density at radius 2 is 1.95 bits per heavy atom. The van der Waals surface area contributed by atoms with Gasteiger partial charge in [-0.05, 0) is 30.3 Å². The lowest BCUT2D eigenvalue weighted by atomic mass is 10.2. The number of hydrogen-bond donors (Lipinski definition) is 1. The van der Waals surface area contributed by atoms with Crippen molar-refractivity contribution in [2.45, 2.75) is 9.79 Å². The minimum Gasteiger partial charge on any atom is -0.478 e. The first-order valence-electron chi connectivity index (χ1n) is 5.57. The standard InChI is InChI=1S/C14H7Cl2FO3S/c15-8-3-7(6-18)13(11(16)4-8)21-12-2-1-9(17)5-10(12)14(19)20/h1-6H,(H,19,20). The number of aromatic carboxylic acids is 1. The molecule has 0 bridgehead atoms. The predicted octanol–water partition coefficient (Wildman–Crippen LogP) is 4.79. The molecule has 0 radical (unpaired) electrons. The Balaban J connectivity index is 2.53. The van der Waals surface area contributed by atoms with Crippen molar-refractivity contribution in [2.75, 3.05) is 0 Å². The van der Waals surface area contributed by atoms with Crippen molar-refractivity contribution in [2.24, 2.45) is 0 Å². The van der Waals surface area contributed by atoms with Crippen LogP contribution in [0.4, 0.5) is 4.39 Å². The van der Waals surface area contributed by atoms with Gasteiger partial charge in [0.05, 0.1) is 10.6 Å². The van der Waals surface area contributed by atoms with Gasteiger partial charge in [0.25, 0.3) is 0 Å². The van der Waals surface area contributed by atoms with E-state index in [4.69, 9.17) is 28.3 Å². The number of carbonyl (C=O) groups excluding carboxylic acids is 1. The zero-order valence-corrected chi connectivity index (χ0v) is 12.6. The Hall–Kier alpha value is -1.56. The summed E-state index contributed by atoms with van der Waals surface area (Å²) in [6.45, 7) is 0. The number of halogens is 3. The molecule has 2 aromatic rings. The van der Waals surface area contributed by atoms with Crippen LogP contribution in [0.15, 0.2) is 40.1 Å². The van der Waals surface area contributed by atoms with Gasteiger partial charge in [-0.25, -0.2) is 9.18 Å². The number of rotatable bonds is 4. The van der Waals surface area contributed by atoms with Crippen LogP contribution >= 0.6 is 35.0 Å². The van der Waals surface area contributed by atoms with Crippen LogP contribution in [0.5, 0.6) is 0 Å². The van der Waals surface area contributed by atoms with E-state index in [-0.39, 0.29) is 21.0 Å². The molecule has 0 amide bonds. The highest BCUT2D eigenvalue weighted by atomic mass is 35.5. The molecule has 2 rings (SSSR count). The summed E-state index contributed by atoms with van der Waals surface area (Å²) in [6, 6.07) is 6.24. The molecule has 0 aliphatic heterocycles. The van der Waals surface area contributed by atoms with Crippen molar-refractivity contribution in [3.05, 3.63) is 57.3 Å². The van der Waals surface area contributed by atoms with E-state index in [2.05, 4.69) is 0 Å². The molecule has 0 aromatic heterocycles. The smallest absolute Gasteiger partial charge is 0.336 e. The van der Waals surface area contributed by atoms with Gasteiger partial charge >= 0.3 is 5.97 Å². The molecule has 21 heavy (non-hydrogen) atoms. The fourth-order valence-corrected chi connectivity index (χ4v) is 3.26. The Morgan fingerprint density at radius 1 is 1.24 bits per heavy atom. The van der Waals surface area contributed by atoms with E-state index in [1.54, 1.807) is 0 Å². The van der Waals surface area contributed by atoms with E-state index in [9.17, 15) is 14.0 Å². The molecule has 1 N–H and O–H groups in total. The maximum atomic E-state index is 13.2. The van der Waals surface area contributed by atoms with E-state index >= 15 is 0 Å². The maximum Gasteiger partial charge on any atom is 0.336 e. The van der Waals surface area contributed by atoms with E-state index in [0.29, 0.717) is 16.2 Å². The molecule has 0 fully saturated rings. The van der Waals surface area contributed by atoms with Gasteiger partial charge in [0.15, 0.2) is 6.29 Å². The second-order valence-electron chi connectivity index (χ2n) is 3.97. The lowest BCUT2D eigenvalue weighted by Gasteiger charge is -2.10. The van der Waals surface area contributed by atoms with E-state index in [0.717, 1.165) is 23.9 Å². The Labute approximate surface area is 133 Å². The summed E-state index contributed by atoms with van der Waals surface area (Å²) in [5.74, 6) is -1.93. The van der Waals surface area contributed by atoms with Gasteiger partial charge in [0.2, 0.25) is 0 Å². The van der Waals surface area contributed by atoms with Crippen LogP contribution in [0.25, 0.3) is 0 Å². The Bertz CT molecular complexity index is 734. The Kier molecular flexibility index (Phi) is 4.88. The first kappa shape index (κ1) is 15.8. The highest BCUT2D eigenvalue weighted by Crippen LogP contribution is 2.38. The van der Waals surface area contributed by atoms with Gasteiger partial charge in [-0.1, -0.05) is 35.0 Å². The van der Waals surface area contributed by atoms with Crippen molar-refractivity contribution in [3.8, 4) is 0 Å². The van der Waals surface area contributed by atoms with Crippen LogP contribution in [0, 0.1) is 5.82 Å². The second-order valence-corrected chi connectivity index (χ2v) is 5.87. The van der Waals surface area contributed by atoms with Crippen LogP contribution in [-0.2, 0) is 0 Å². The van der Waals surface area contributed by atoms with Crippen molar-refractivity contribution < 1.29 is 19.1 Å². The van der Waals surface area contributed by atoms with Crippen LogP contribution in [-0.4, -0.2) is 17.4 Å². The fraction of sp³-hybridized carbons (Fsp3) is 0. The molecular weight excluding hydrogens is 338 g/mol. The van der Waals surface area contributed by atoms with E-state index in [1.165, 1.54) is 18.2 Å². The van der Waals surface area contributed by atoms with Crippen molar-refractivity contribution in [1.82, 2.24) is 0 Å². The Morgan fingerprint density at radius 3 is 2.57 bits per heavy atom. The molecule has 0 heterocycles. The van der Waals surface area contributed by atoms with Crippen molar-refractivity contribution >= 4 is 47.2 Å². The average Bonchev–Trinajstić information content (AvgIpc) is 2.42. The van der Waals surface area contributed by atoms with E-state index < -0.39 is 11.8 Å². The van der Waals surface area contributed by atoms with Crippen molar-refractivity contribution in [1.29, 1.82) is 0 Å². The molecule has 0 aliphatic carbocycles. The van der Waals surface area contributed by atoms with Crippen LogP contribution in [0.3, 0.4) is 0 Å². The molecule has 0 saturated heterocycles. The molecule has 108 valence electrons. The van der Waals surface area contributed by atoms with Gasteiger partial charge in [0, 0.05) is 20.4 Å². The van der Waals surface area contributed by atoms with Gasteiger partial charge in [-0.15, -0.1) is 0 Å². The van der Waals surface area contributed by atoms with Crippen LogP contribution < -0.4 is 0 Å². The molecule has 7 heteroatoms. The van der Waals surface area contributed by atoms with Gasteiger partial charge < -0.3 is 5.11 Å². The lowest BCUT2D eigenvalue weighted by Crippen LogP contribution is -2.00. The number of hydrogen-bond acceptors (Lipinski definition) is 3. The molecule has 0 saturated carbocycles. The highest BCUT2D eigenvalue weighted by molar-refractivity contribution is 7.99. The topological polar surface area (TPSA) is 54.4 Å². The second kappa shape index (κ2) is 6.47. The molecule has 0 spiro atoms. The zero-order chi connectivity index (χ0) is 15.6. The summed E-state index contributed by atoms with van der Waals surface area (Å²) < 4.78 is 13.2. The third-order valence-electron chi connectivity index (χ3n) is 2.55.